The summed E-state index contributed by atoms with van der Waals surface area (Å²) in [6, 6.07) is 4.25. The molecule has 8 aliphatic heterocycles. The molecular formula is C74H87Cl2N7O29. The van der Waals surface area contributed by atoms with E-state index in [-0.39, 0.29) is 46.2 Å². The number of carbonyl (C=O) groups is 8. The van der Waals surface area contributed by atoms with Gasteiger partial charge in [0.05, 0.1) is 53.3 Å². The van der Waals surface area contributed by atoms with Crippen molar-refractivity contribution in [3.05, 3.63) is 117 Å². The topological polar surface area (TPSA) is 586 Å². The van der Waals surface area contributed by atoms with Crippen LogP contribution in [0.2, 0.25) is 10.0 Å². The fourth-order valence-electron chi connectivity index (χ4n) is 14.5. The van der Waals surface area contributed by atoms with Gasteiger partial charge in [-0.05, 0) is 110 Å². The third kappa shape index (κ3) is 17.7. The number of nitrogens with two attached hydrogens (primary N) is 2. The summed E-state index contributed by atoms with van der Waals surface area (Å²) >= 11 is 14.4. The van der Waals surface area contributed by atoms with Crippen molar-refractivity contribution in [2.45, 2.75) is 194 Å². The van der Waals surface area contributed by atoms with Gasteiger partial charge >= 0.3 is 5.97 Å². The van der Waals surface area contributed by atoms with Crippen molar-refractivity contribution < 1.29 is 143 Å². The minimum Gasteiger partial charge on any atom is -0.508 e. The molecule has 5 aromatic rings. The number of aliphatic carboxylic acids is 1. The highest BCUT2D eigenvalue weighted by Gasteiger charge is 2.53. The molecule has 5 aromatic carbocycles. The van der Waals surface area contributed by atoms with Crippen molar-refractivity contribution in [3.8, 4) is 57.1 Å². The Kier molecular flexibility index (Phi) is 25.8. The average molecular weight is 1610 g/mol. The highest BCUT2D eigenvalue weighted by molar-refractivity contribution is 6.32. The number of hydrogen-bond acceptors (Lipinski definition) is 30. The Hall–Kier alpha value is -9.00. The summed E-state index contributed by atoms with van der Waals surface area (Å²) in [5.74, 6) is -19.4. The number of halogens is 2. The molecule has 0 saturated carbocycles. The smallest absolute Gasteiger partial charge is 0.330 e. The molecule has 0 radical (unpaired) electrons. The van der Waals surface area contributed by atoms with Crippen LogP contribution in [0, 0.1) is 11.8 Å². The Labute approximate surface area is 647 Å². The zero-order valence-corrected chi connectivity index (χ0v) is 62.0. The van der Waals surface area contributed by atoms with Gasteiger partial charge in [-0.2, -0.15) is 0 Å². The van der Waals surface area contributed by atoms with E-state index in [0.717, 1.165) is 60.7 Å². The molecule has 0 aliphatic carbocycles. The number of ketones is 2. The molecule has 3 fully saturated rings. The van der Waals surface area contributed by atoms with E-state index in [0.29, 0.717) is 0 Å². The van der Waals surface area contributed by atoms with Gasteiger partial charge in [0.25, 0.3) is 0 Å². The van der Waals surface area contributed by atoms with E-state index >= 15 is 24.0 Å². The first-order valence-corrected chi connectivity index (χ1v) is 36.3. The number of aliphatic hydroxyl groups is 9. The van der Waals surface area contributed by atoms with Crippen LogP contribution in [0.5, 0.6) is 46.0 Å². The quantitative estimate of drug-likeness (QED) is 0.0614. The van der Waals surface area contributed by atoms with Gasteiger partial charge < -0.3 is 142 Å². The summed E-state index contributed by atoms with van der Waals surface area (Å²) in [4.78, 5) is 120. The van der Waals surface area contributed by atoms with E-state index in [2.05, 4.69) is 26.6 Å². The van der Waals surface area contributed by atoms with Crippen LogP contribution in [0.4, 0.5) is 0 Å². The summed E-state index contributed by atoms with van der Waals surface area (Å²) in [5.41, 5.74) is 8.37. The summed E-state index contributed by atoms with van der Waals surface area (Å²) < 4.78 is 50.1. The first-order valence-electron chi connectivity index (χ1n) is 35.6. The zero-order valence-electron chi connectivity index (χ0n) is 60.5. The minimum absolute atomic E-state index is 0.105. The van der Waals surface area contributed by atoms with Crippen LogP contribution in [0.15, 0.2) is 78.9 Å². The molecule has 8 aliphatic rings. The third-order valence-electron chi connectivity index (χ3n) is 20.5. The lowest BCUT2D eigenvalue weighted by Crippen LogP contribution is -2.65. The second-order valence-corrected chi connectivity index (χ2v) is 29.9. The average Bonchev–Trinajstić information content (AvgIpc) is 0.765. The van der Waals surface area contributed by atoms with Crippen LogP contribution in [0.25, 0.3) is 11.1 Å². The van der Waals surface area contributed by atoms with Gasteiger partial charge in [0.2, 0.25) is 41.6 Å². The molecule has 8 heterocycles. The molecule has 3 saturated heterocycles. The van der Waals surface area contributed by atoms with E-state index in [4.69, 9.17) is 72.6 Å². The summed E-state index contributed by atoms with van der Waals surface area (Å²) in [6.45, 7) is 4.54. The lowest BCUT2D eigenvalue weighted by molar-refractivity contribution is -0.352. The normalized spacial score (nSPS) is 32.0. The van der Waals surface area contributed by atoms with Gasteiger partial charge in [-0.3, -0.25) is 33.6 Å². The number of carbonyl (C=O) groups excluding carboxylic acids is 7. The number of carboxylic acid groups (broad SMARTS) is 1. The van der Waals surface area contributed by atoms with E-state index in [9.17, 15) is 80.8 Å². The number of primary amides is 1. The van der Waals surface area contributed by atoms with Crippen LogP contribution < -0.4 is 52.3 Å². The van der Waals surface area contributed by atoms with E-state index in [1.165, 1.54) is 39.1 Å². The number of amides is 5. The second kappa shape index (κ2) is 34.4. The molecule has 38 heteroatoms. The van der Waals surface area contributed by atoms with Crippen molar-refractivity contribution in [3.63, 3.8) is 0 Å². The maximum absolute atomic E-state index is 16.4. The highest BCUT2D eigenvalue weighted by Crippen LogP contribution is 2.51. The lowest BCUT2D eigenvalue weighted by atomic mass is 9.84. The van der Waals surface area contributed by atoms with Gasteiger partial charge in [0.15, 0.2) is 41.7 Å². The Bertz CT molecular complexity index is 4420. The lowest BCUT2D eigenvalue weighted by Gasteiger charge is -2.45. The SMILES string of the molecule is CN[C@H](CC(C)C)C(=O)N[C@H]1C(=O)C[C@@H](CC(N)=O)C(=O)N[C@H]2C(=O)C[C@H]3C(=O)NC(C(=O)N[C@@H](C(=O)O)c4cc(O)cc(O)c4-c4cc3ccc4O)C(O[C@H]3C[C@](C)(N)[C@@H](O)[C@H](C)O3)c3ccc(c(Cl)c3)Oc3cc2cc(c3OC2O[C@H](CO)[C@@H](OC3O[C@H](CO)[C@H](O)[C@H](O)[C@H]3O)[C@H](O)[C@H]2O)Oc2ccc(cc2Cl)[C@H]1O. The van der Waals surface area contributed by atoms with Crippen molar-refractivity contribution in [1.82, 2.24) is 26.6 Å². The number of hydrogen-bond donors (Lipinski definition) is 20. The number of benzene rings is 5. The number of aromatic hydroxyl groups is 3. The predicted octanol–water partition coefficient (Wildman–Crippen LogP) is -0.0935. The molecule has 22 N–H and O–H groups in total. The summed E-state index contributed by atoms with van der Waals surface area (Å²) in [7, 11) is 1.48. The molecule has 11 bridgehead atoms. The number of nitrogens with one attached hydrogen (secondary N) is 5. The number of aliphatic hydroxyl groups excluding tert-OH is 9. The number of carboxylic acids is 1. The fraction of sp³-hybridized carbons (Fsp3) is 0.486. The van der Waals surface area contributed by atoms with E-state index in [1.54, 1.807) is 0 Å². The zero-order chi connectivity index (χ0) is 81.5. The maximum atomic E-state index is 16.4. The molecule has 13 rings (SSSR count). The number of ether oxygens (including phenoxy) is 8. The molecule has 36 nitrogen and oxygen atoms in total. The van der Waals surface area contributed by atoms with Crippen molar-refractivity contribution in [2.24, 2.45) is 23.3 Å². The van der Waals surface area contributed by atoms with Crippen LogP contribution in [0.3, 0.4) is 0 Å². The second-order valence-electron chi connectivity index (χ2n) is 29.1. The van der Waals surface area contributed by atoms with E-state index in [1.807, 2.05) is 13.8 Å². The Morgan fingerprint density at radius 1 is 0.679 bits per heavy atom. The van der Waals surface area contributed by atoms with Crippen LogP contribution in [0.1, 0.15) is 118 Å². The number of phenolic OH excluding ortho intramolecular Hbond substituents is 3. The molecule has 112 heavy (non-hydrogen) atoms. The molecule has 0 aromatic heterocycles. The van der Waals surface area contributed by atoms with E-state index < -0.39 is 287 Å². The van der Waals surface area contributed by atoms with Crippen LogP contribution in [-0.2, 0) is 62.0 Å². The minimum atomic E-state index is -2.35. The van der Waals surface area contributed by atoms with Gasteiger partial charge in [0, 0.05) is 54.0 Å². The molecule has 5 amide bonds. The number of phenols is 3. The number of Topliss-reactive ketones (excluding diaryl/α,β-unsaturated/α-hetero) is 2. The number of fused-ring (bicyclic) bond motifs is 15. The number of rotatable bonds is 16. The standard InChI is InChI=1S/C74H87Cl2N7O29/c1-26(2)12-39(79-5)69(101)82-55-42(89)16-32(19-50(77)91)67(99)80-53-31-17-46(106-44-10-7-29(57(55)92)14-37(44)75)64(111-73-62(97)60(95)65(49(25-85)109-73)112-72-61(96)59(94)58(93)48(24-84)108-72)47(18-31)107-45-11-8-30(15-38(45)76)63(110-51-23-74(4,78)66(98)27(3)105-51)56-70(102)81-54(71(103)104)36-20-33(86)21-41(88)52(36)35-13-28(6-9-40(35)87)34(22-43(53)90)68(100)83-56/h6-11,13-15,17-18,20-21,26-27,32,34,39,48-49,51,53-63,65-66,72-73,79,84-88,92-98H,12,16,19,22-25,78H2,1-5H3,(H2,77,91)(H,80,99)(H,81,102)(H,82,101)(H,83,100)(H,103,104)/t27-,32-,34+,39+,48+,49+,51-,53+,54+,55-,56?,57+,58-,59-,60+,61+,62+,63?,65+,66-,72?,73?,74-/m0/s1. The first kappa shape index (κ1) is 83.9. The largest absolute Gasteiger partial charge is 0.508 e. The highest BCUT2D eigenvalue weighted by atomic mass is 35.5. The van der Waals surface area contributed by atoms with Crippen LogP contribution >= 0.6 is 23.2 Å². The summed E-state index contributed by atoms with van der Waals surface area (Å²) in [6.07, 6.45) is -31.3. The molecule has 606 valence electrons. The first-order chi connectivity index (χ1) is 52.9. The Morgan fingerprint density at radius 2 is 1.30 bits per heavy atom. The fourth-order valence-corrected chi connectivity index (χ4v) is 15.0. The molecule has 0 spiro atoms. The number of likely N-dealkylation sites (N-methyl/N-ethyl adjacent to an activating group) is 1. The Morgan fingerprint density at radius 3 is 1.91 bits per heavy atom. The maximum Gasteiger partial charge on any atom is 0.330 e. The molecule has 23 atom stereocenters. The molecular weight excluding hydrogens is 1520 g/mol. The summed E-state index contributed by atoms with van der Waals surface area (Å²) in [5, 5.41) is 158. The third-order valence-corrected chi connectivity index (χ3v) is 21.1. The van der Waals surface area contributed by atoms with Gasteiger partial charge in [-0.25, -0.2) is 4.79 Å². The van der Waals surface area contributed by atoms with Gasteiger partial charge in [-0.15, -0.1) is 0 Å². The predicted molar refractivity (Wildman–Crippen MR) is 385 cm³/mol. The van der Waals surface area contributed by atoms with Gasteiger partial charge in [0.1, 0.15) is 108 Å². The Balaban J connectivity index is 1.16. The van der Waals surface area contributed by atoms with Crippen LogP contribution in [-0.4, -0.2) is 237 Å². The monoisotopic (exact) mass is 1610 g/mol. The van der Waals surface area contributed by atoms with Crippen molar-refractivity contribution >= 4 is 70.3 Å². The van der Waals surface area contributed by atoms with Gasteiger partial charge in [-0.1, -0.05) is 55.2 Å². The van der Waals surface area contributed by atoms with Crippen molar-refractivity contribution in [1.29, 1.82) is 0 Å². The molecule has 4 unspecified atom stereocenters. The van der Waals surface area contributed by atoms with Crippen molar-refractivity contribution in [2.75, 3.05) is 20.3 Å².